The summed E-state index contributed by atoms with van der Waals surface area (Å²) in [5, 5.41) is 32.9. The minimum absolute atomic E-state index is 0.0669. The van der Waals surface area contributed by atoms with Crippen LogP contribution < -0.4 is 10.6 Å². The second-order valence-corrected chi connectivity index (χ2v) is 12.3. The normalized spacial score (nSPS) is 10.7. The Morgan fingerprint density at radius 2 is 1.49 bits per heavy atom. The number of amides is 1. The lowest BCUT2D eigenvalue weighted by Gasteiger charge is -2.16. The zero-order chi connectivity index (χ0) is 38.9. The molecule has 0 fully saturated rings. The molecule has 18 heteroatoms. The van der Waals surface area contributed by atoms with Crippen molar-refractivity contribution < 1.29 is 18.4 Å². The summed E-state index contributed by atoms with van der Waals surface area (Å²) in [6, 6.07) is 20.5. The van der Waals surface area contributed by atoms with E-state index in [4.69, 9.17) is 21.7 Å². The van der Waals surface area contributed by atoms with Gasteiger partial charge in [0.2, 0.25) is 0 Å². The lowest BCUT2D eigenvalue weighted by atomic mass is 9.98. The first kappa shape index (κ1) is 37.9. The van der Waals surface area contributed by atoms with Gasteiger partial charge in [-0.15, -0.1) is 20.4 Å². The third kappa shape index (κ3) is 9.05. The minimum Gasteiger partial charge on any atom is -0.369 e. The summed E-state index contributed by atoms with van der Waals surface area (Å²) < 4.78 is 32.4. The summed E-state index contributed by atoms with van der Waals surface area (Å²) in [7, 11) is 4.59. The van der Waals surface area contributed by atoms with Crippen molar-refractivity contribution in [1.82, 2.24) is 44.6 Å². The Morgan fingerprint density at radius 3 is 2.15 bits per heavy atom. The molecule has 0 radical (unpaired) electrons. The predicted molar refractivity (Wildman–Crippen MR) is 201 cm³/mol. The van der Waals surface area contributed by atoms with Crippen molar-refractivity contribution in [2.24, 2.45) is 7.05 Å². The van der Waals surface area contributed by atoms with Crippen LogP contribution in [0.3, 0.4) is 0 Å². The number of nitrogens with one attached hydrogen (secondary N) is 2. The van der Waals surface area contributed by atoms with Crippen molar-refractivity contribution in [1.29, 1.82) is 5.26 Å². The van der Waals surface area contributed by atoms with Crippen molar-refractivity contribution in [3.05, 3.63) is 101 Å². The van der Waals surface area contributed by atoms with E-state index in [2.05, 4.69) is 58.0 Å². The molecular formula is C37H33ClF2N13O2+. The van der Waals surface area contributed by atoms with Crippen molar-refractivity contribution >= 4 is 29.1 Å². The molecule has 0 aliphatic carbocycles. The molecule has 6 aromatic rings. The molecule has 55 heavy (non-hydrogen) atoms. The van der Waals surface area contributed by atoms with Crippen LogP contribution >= 0.6 is 11.6 Å². The van der Waals surface area contributed by atoms with Crippen LogP contribution in [0, 0.1) is 29.0 Å². The first-order valence-electron chi connectivity index (χ1n) is 16.7. The van der Waals surface area contributed by atoms with Crippen molar-refractivity contribution in [2.75, 3.05) is 37.9 Å². The molecule has 0 atom stereocenters. The average Bonchev–Trinajstić information content (AvgIpc) is 3.84. The molecule has 0 spiro atoms. The Bertz CT molecular complexity index is 2450. The molecule has 0 saturated carbocycles. The molecule has 0 aliphatic heterocycles. The van der Waals surface area contributed by atoms with Crippen LogP contribution in [0.5, 0.6) is 0 Å². The van der Waals surface area contributed by atoms with Gasteiger partial charge >= 0.3 is 6.67 Å². The number of rotatable bonds is 13. The van der Waals surface area contributed by atoms with Gasteiger partial charge in [-0.05, 0) is 70.8 Å². The van der Waals surface area contributed by atoms with Gasteiger partial charge in [0.15, 0.2) is 11.6 Å². The quantitative estimate of drug-likeness (QED) is 0.0743. The molecule has 4 heterocycles. The highest BCUT2D eigenvalue weighted by molar-refractivity contribution is 6.29. The van der Waals surface area contributed by atoms with Gasteiger partial charge in [-0.3, -0.25) is 9.63 Å². The largest absolute Gasteiger partial charge is 0.369 e. The number of nitriles is 1. The number of hydroxylamine groups is 2. The Morgan fingerprint density at radius 1 is 0.873 bits per heavy atom. The zero-order valence-corrected chi connectivity index (χ0v) is 30.6. The predicted octanol–water partition coefficient (Wildman–Crippen LogP) is 6.55. The van der Waals surface area contributed by atoms with Gasteiger partial charge < -0.3 is 15.2 Å². The third-order valence-electron chi connectivity index (χ3n) is 8.21. The van der Waals surface area contributed by atoms with Crippen LogP contribution in [0.1, 0.15) is 23.3 Å². The summed E-state index contributed by atoms with van der Waals surface area (Å²) in [5.41, 5.74) is 3.51. The zero-order valence-electron chi connectivity index (χ0n) is 29.8. The van der Waals surface area contributed by atoms with Gasteiger partial charge in [0.05, 0.1) is 26.0 Å². The fourth-order valence-corrected chi connectivity index (χ4v) is 5.78. The number of aromatic nitrogens is 8. The SMILES string of the molecule is CON(C)C(=O)c1cc(-c2ccc(F)cc2-c2nncn2C[N+]#CCCNc2cc(-c3ccc(F)cc3-c3nncn3C)cc(Cl)n2)cc(NCCC#N)n1. The number of carbonyl (C=O) groups is 1. The van der Waals surface area contributed by atoms with E-state index < -0.39 is 17.5 Å². The van der Waals surface area contributed by atoms with Crippen LogP contribution in [0.2, 0.25) is 5.15 Å². The number of halogens is 3. The van der Waals surface area contributed by atoms with Crippen LogP contribution in [-0.2, 0) is 18.6 Å². The minimum atomic E-state index is -0.509. The van der Waals surface area contributed by atoms with E-state index in [1.165, 1.54) is 51.1 Å². The molecule has 6 rings (SSSR count). The summed E-state index contributed by atoms with van der Waals surface area (Å²) in [4.78, 5) is 31.3. The van der Waals surface area contributed by atoms with E-state index in [1.807, 2.05) is 0 Å². The Labute approximate surface area is 319 Å². The number of aryl methyl sites for hydroxylation is 1. The second kappa shape index (κ2) is 17.3. The molecule has 2 aromatic carbocycles. The number of hydrogen-bond donors (Lipinski definition) is 2. The number of hydrogen-bond acceptors (Lipinski definition) is 11. The summed E-state index contributed by atoms with van der Waals surface area (Å²) >= 11 is 6.39. The molecular weight excluding hydrogens is 732 g/mol. The van der Waals surface area contributed by atoms with E-state index >= 15 is 0 Å². The third-order valence-corrected chi connectivity index (χ3v) is 8.41. The van der Waals surface area contributed by atoms with Crippen LogP contribution in [0.15, 0.2) is 73.3 Å². The van der Waals surface area contributed by atoms with Gasteiger partial charge in [0, 0.05) is 38.3 Å². The highest BCUT2D eigenvalue weighted by Crippen LogP contribution is 2.35. The number of anilines is 2. The molecule has 15 nitrogen and oxygen atoms in total. The summed E-state index contributed by atoms with van der Waals surface area (Å²) in [5.74, 6) is 0.239. The maximum Gasteiger partial charge on any atom is 0.344 e. The van der Waals surface area contributed by atoms with E-state index in [-0.39, 0.29) is 23.9 Å². The molecule has 2 N–H and O–H groups in total. The summed E-state index contributed by atoms with van der Waals surface area (Å²) in [6.45, 7) is 0.783. The maximum absolute atomic E-state index is 14.8. The van der Waals surface area contributed by atoms with E-state index in [0.29, 0.717) is 76.2 Å². The Balaban J connectivity index is 1.18. The molecule has 278 valence electrons. The topological polar surface area (TPSA) is 169 Å². The molecule has 0 unspecified atom stereocenters. The summed E-state index contributed by atoms with van der Waals surface area (Å²) in [6.07, 6.45) is 3.61. The maximum atomic E-state index is 14.8. The molecule has 0 saturated heterocycles. The molecule has 4 aromatic heterocycles. The van der Waals surface area contributed by atoms with Crippen LogP contribution in [0.25, 0.3) is 49.9 Å². The first-order valence-corrected chi connectivity index (χ1v) is 17.1. The lowest BCUT2D eigenvalue weighted by molar-refractivity contribution is -0.0760. The second-order valence-electron chi connectivity index (χ2n) is 11.9. The standard InChI is InChI=1S/C37H33ClF2N13O2/c1-51-21-45-49-35(51)29-18-25(39)7-9-28(29)24-15-32(38)48-34(17-24)44-13-5-11-42-20-53-22-46-50-36(53)30-19-26(40)6-8-27(30)23-14-31(37(54)52(2)55-3)47-33(16-23)43-12-4-10-41/h6-9,14-19,21-22H,4-5,12-13,20H2,1-3H3,(H,43,47)(H,44,48)/q+1. The fraction of sp³-hybridized carbons (Fsp3) is 0.216. The lowest BCUT2D eigenvalue weighted by Crippen LogP contribution is -2.26. The van der Waals surface area contributed by atoms with E-state index in [9.17, 15) is 13.6 Å². The van der Waals surface area contributed by atoms with Crippen molar-refractivity contribution in [3.63, 3.8) is 0 Å². The first-order chi connectivity index (χ1) is 26.6. The number of benzene rings is 2. The Hall–Kier alpha value is -6.82. The van der Waals surface area contributed by atoms with Crippen LogP contribution in [0.4, 0.5) is 20.4 Å². The van der Waals surface area contributed by atoms with Gasteiger partial charge in [0.1, 0.15) is 46.8 Å². The van der Waals surface area contributed by atoms with E-state index in [1.54, 1.807) is 52.6 Å². The van der Waals surface area contributed by atoms with Crippen molar-refractivity contribution in [3.8, 4) is 57.2 Å². The molecule has 0 bridgehead atoms. The Kier molecular flexibility index (Phi) is 12.0. The van der Waals surface area contributed by atoms with Gasteiger partial charge in [-0.2, -0.15) is 5.26 Å². The number of carbonyl (C=O) groups excluding carboxylic acids is 1. The number of nitrogens with zero attached hydrogens (tertiary/aromatic N) is 11. The highest BCUT2D eigenvalue weighted by atomic mass is 35.5. The highest BCUT2D eigenvalue weighted by Gasteiger charge is 2.21. The van der Waals surface area contributed by atoms with Gasteiger partial charge in [-0.1, -0.05) is 28.6 Å². The van der Waals surface area contributed by atoms with E-state index in [0.717, 1.165) is 5.06 Å². The monoisotopic (exact) mass is 764 g/mol. The molecule has 1 amide bonds. The molecule has 0 aliphatic rings. The van der Waals surface area contributed by atoms with Gasteiger partial charge in [0.25, 0.3) is 12.0 Å². The fourth-order valence-electron chi connectivity index (χ4n) is 5.57. The van der Waals surface area contributed by atoms with Gasteiger partial charge in [-0.25, -0.2) is 28.4 Å². The average molecular weight is 765 g/mol. The van der Waals surface area contributed by atoms with Crippen LogP contribution in [-0.4, -0.2) is 77.7 Å². The smallest absolute Gasteiger partial charge is 0.344 e. The number of pyridine rings is 2. The van der Waals surface area contributed by atoms with Crippen molar-refractivity contribution in [2.45, 2.75) is 19.5 Å².